The van der Waals surface area contributed by atoms with E-state index in [9.17, 15) is 5.11 Å². The van der Waals surface area contributed by atoms with E-state index < -0.39 is 6.10 Å². The van der Waals surface area contributed by atoms with E-state index in [-0.39, 0.29) is 0 Å². The first kappa shape index (κ1) is 16.0. The fraction of sp³-hybridized carbons (Fsp3) is 0.400. The van der Waals surface area contributed by atoms with E-state index in [2.05, 4.69) is 29.2 Å². The van der Waals surface area contributed by atoms with Crippen LogP contribution in [0.15, 0.2) is 48.5 Å². The van der Waals surface area contributed by atoms with Gasteiger partial charge >= 0.3 is 0 Å². The van der Waals surface area contributed by atoms with Crippen LogP contribution in [0.2, 0.25) is 0 Å². The van der Waals surface area contributed by atoms with E-state index in [0.29, 0.717) is 6.61 Å². The van der Waals surface area contributed by atoms with Crippen LogP contribution >= 0.6 is 0 Å². The average Bonchev–Trinajstić information content (AvgIpc) is 2.60. The van der Waals surface area contributed by atoms with Gasteiger partial charge in [0.05, 0.1) is 12.7 Å². The zero-order valence-electron chi connectivity index (χ0n) is 13.7. The van der Waals surface area contributed by atoms with E-state index in [0.717, 1.165) is 43.8 Å². The monoisotopic (exact) mass is 311 g/mol. The summed E-state index contributed by atoms with van der Waals surface area (Å²) in [5.74, 6) is 0.857. The fourth-order valence-corrected chi connectivity index (χ4v) is 3.17. The standard InChI is InChI=1S/C20H25NO2/c1-2-23-19-9-7-17(8-10-19)20(22)12-14-21-13-11-16-5-3-4-6-18(16)15-21/h3-10,20,22H,2,11-15H2,1H3. The molecule has 0 aromatic heterocycles. The Labute approximate surface area is 138 Å². The largest absolute Gasteiger partial charge is 0.494 e. The zero-order chi connectivity index (χ0) is 16.1. The van der Waals surface area contributed by atoms with Crippen molar-refractivity contribution < 1.29 is 9.84 Å². The number of benzene rings is 2. The van der Waals surface area contributed by atoms with Crippen LogP contribution in [-0.4, -0.2) is 29.7 Å². The van der Waals surface area contributed by atoms with Crippen molar-refractivity contribution in [3.8, 4) is 5.75 Å². The molecular weight excluding hydrogens is 286 g/mol. The number of fused-ring (bicyclic) bond motifs is 1. The summed E-state index contributed by atoms with van der Waals surface area (Å²) in [6.45, 7) is 5.62. The van der Waals surface area contributed by atoms with Gasteiger partial charge in [0.25, 0.3) is 0 Å². The molecule has 3 rings (SSSR count). The number of hydrogen-bond acceptors (Lipinski definition) is 3. The molecule has 3 heteroatoms. The zero-order valence-corrected chi connectivity index (χ0v) is 13.7. The topological polar surface area (TPSA) is 32.7 Å². The first-order valence-electron chi connectivity index (χ1n) is 8.46. The quantitative estimate of drug-likeness (QED) is 0.885. The molecular formula is C20H25NO2. The lowest BCUT2D eigenvalue weighted by atomic mass is 9.99. The van der Waals surface area contributed by atoms with Crippen LogP contribution < -0.4 is 4.74 Å². The molecule has 1 unspecified atom stereocenters. The highest BCUT2D eigenvalue weighted by Gasteiger charge is 2.17. The van der Waals surface area contributed by atoms with Crippen molar-refractivity contribution in [1.82, 2.24) is 4.90 Å². The lowest BCUT2D eigenvalue weighted by Gasteiger charge is -2.29. The first-order chi connectivity index (χ1) is 11.3. The van der Waals surface area contributed by atoms with Crippen molar-refractivity contribution in [3.63, 3.8) is 0 Å². The van der Waals surface area contributed by atoms with Crippen molar-refractivity contribution in [1.29, 1.82) is 0 Å². The van der Waals surface area contributed by atoms with Gasteiger partial charge in [-0.05, 0) is 48.6 Å². The summed E-state index contributed by atoms with van der Waals surface area (Å²) < 4.78 is 5.44. The van der Waals surface area contributed by atoms with Crippen LogP contribution in [0, 0.1) is 0 Å². The van der Waals surface area contributed by atoms with E-state index in [4.69, 9.17) is 4.74 Å². The SMILES string of the molecule is CCOc1ccc(C(O)CCN2CCc3ccccc3C2)cc1. The third-order valence-corrected chi connectivity index (χ3v) is 4.50. The Morgan fingerprint density at radius 1 is 1.09 bits per heavy atom. The molecule has 0 saturated carbocycles. The van der Waals surface area contributed by atoms with E-state index in [1.54, 1.807) is 0 Å². The van der Waals surface area contributed by atoms with E-state index in [1.807, 2.05) is 31.2 Å². The first-order valence-corrected chi connectivity index (χ1v) is 8.46. The number of ether oxygens (including phenoxy) is 1. The summed E-state index contributed by atoms with van der Waals surface area (Å²) in [4.78, 5) is 2.43. The molecule has 2 aromatic rings. The molecule has 0 spiro atoms. The molecule has 0 fully saturated rings. The van der Waals surface area contributed by atoms with Crippen molar-refractivity contribution >= 4 is 0 Å². The highest BCUT2D eigenvalue weighted by atomic mass is 16.5. The minimum absolute atomic E-state index is 0.414. The fourth-order valence-electron chi connectivity index (χ4n) is 3.17. The molecule has 3 nitrogen and oxygen atoms in total. The Bertz CT molecular complexity index is 624. The molecule has 1 atom stereocenters. The van der Waals surface area contributed by atoms with Crippen molar-refractivity contribution in [2.75, 3.05) is 19.7 Å². The Hall–Kier alpha value is -1.84. The van der Waals surface area contributed by atoms with Gasteiger partial charge in [-0.3, -0.25) is 4.90 Å². The van der Waals surface area contributed by atoms with Crippen molar-refractivity contribution in [2.24, 2.45) is 0 Å². The molecule has 0 saturated heterocycles. The van der Waals surface area contributed by atoms with Gasteiger partial charge in [0.15, 0.2) is 0 Å². The molecule has 0 bridgehead atoms. The number of rotatable bonds is 6. The third-order valence-electron chi connectivity index (χ3n) is 4.50. The van der Waals surface area contributed by atoms with Gasteiger partial charge in [-0.1, -0.05) is 36.4 Å². The van der Waals surface area contributed by atoms with Crippen LogP contribution in [0.1, 0.15) is 36.1 Å². The molecule has 1 aliphatic rings. The molecule has 1 N–H and O–H groups in total. The van der Waals surface area contributed by atoms with Gasteiger partial charge in [0.1, 0.15) is 5.75 Å². The van der Waals surface area contributed by atoms with Crippen molar-refractivity contribution in [2.45, 2.75) is 32.4 Å². The maximum atomic E-state index is 10.4. The van der Waals surface area contributed by atoms with Gasteiger partial charge in [-0.25, -0.2) is 0 Å². The lowest BCUT2D eigenvalue weighted by Crippen LogP contribution is -2.32. The van der Waals surface area contributed by atoms with Gasteiger partial charge in [0.2, 0.25) is 0 Å². The van der Waals surface area contributed by atoms with Gasteiger partial charge in [-0.15, -0.1) is 0 Å². The molecule has 2 aromatic carbocycles. The second kappa shape index (κ2) is 7.62. The Balaban J connectivity index is 1.52. The lowest BCUT2D eigenvalue weighted by molar-refractivity contribution is 0.137. The predicted molar refractivity (Wildman–Crippen MR) is 92.6 cm³/mol. The number of nitrogens with zero attached hydrogens (tertiary/aromatic N) is 1. The normalized spacial score (nSPS) is 15.9. The summed E-state index contributed by atoms with van der Waals surface area (Å²) in [5, 5.41) is 10.4. The second-order valence-corrected chi connectivity index (χ2v) is 6.10. The van der Waals surface area contributed by atoms with Crippen LogP contribution in [0.3, 0.4) is 0 Å². The molecule has 0 aliphatic carbocycles. The summed E-state index contributed by atoms with van der Waals surface area (Å²) in [5.41, 5.74) is 3.86. The van der Waals surface area contributed by atoms with Crippen molar-refractivity contribution in [3.05, 3.63) is 65.2 Å². The Kier molecular flexibility index (Phi) is 5.31. The smallest absolute Gasteiger partial charge is 0.119 e. The van der Waals surface area contributed by atoms with Gasteiger partial charge in [-0.2, -0.15) is 0 Å². The number of aliphatic hydroxyl groups excluding tert-OH is 1. The van der Waals surface area contributed by atoms with Crippen LogP contribution in [-0.2, 0) is 13.0 Å². The Morgan fingerprint density at radius 2 is 1.83 bits per heavy atom. The minimum Gasteiger partial charge on any atom is -0.494 e. The summed E-state index contributed by atoms with van der Waals surface area (Å²) >= 11 is 0. The summed E-state index contributed by atoms with van der Waals surface area (Å²) in [6.07, 6.45) is 1.45. The molecule has 0 radical (unpaired) electrons. The van der Waals surface area contributed by atoms with Crippen LogP contribution in [0.25, 0.3) is 0 Å². The molecule has 23 heavy (non-hydrogen) atoms. The highest BCUT2D eigenvalue weighted by Crippen LogP contribution is 2.23. The summed E-state index contributed by atoms with van der Waals surface area (Å²) in [6, 6.07) is 16.4. The summed E-state index contributed by atoms with van der Waals surface area (Å²) in [7, 11) is 0. The Morgan fingerprint density at radius 3 is 2.57 bits per heavy atom. The average molecular weight is 311 g/mol. The van der Waals surface area contributed by atoms with Crippen LogP contribution in [0.5, 0.6) is 5.75 Å². The molecule has 1 aliphatic heterocycles. The second-order valence-electron chi connectivity index (χ2n) is 6.10. The predicted octanol–water partition coefficient (Wildman–Crippen LogP) is 3.57. The maximum Gasteiger partial charge on any atom is 0.119 e. The minimum atomic E-state index is -0.414. The van der Waals surface area contributed by atoms with Crippen LogP contribution in [0.4, 0.5) is 0 Å². The number of aliphatic hydroxyl groups is 1. The van der Waals surface area contributed by atoms with E-state index >= 15 is 0 Å². The molecule has 1 heterocycles. The maximum absolute atomic E-state index is 10.4. The molecule has 122 valence electrons. The highest BCUT2D eigenvalue weighted by molar-refractivity contribution is 5.30. The van der Waals surface area contributed by atoms with Gasteiger partial charge < -0.3 is 9.84 Å². The van der Waals surface area contributed by atoms with E-state index in [1.165, 1.54) is 11.1 Å². The number of hydrogen-bond donors (Lipinski definition) is 1. The molecule has 0 amide bonds. The van der Waals surface area contributed by atoms with Gasteiger partial charge in [0, 0.05) is 19.6 Å². The third kappa shape index (κ3) is 4.12.